The van der Waals surface area contributed by atoms with Gasteiger partial charge in [0.2, 0.25) is 5.69 Å². The summed E-state index contributed by atoms with van der Waals surface area (Å²) in [6, 6.07) is 4.35. The van der Waals surface area contributed by atoms with E-state index in [1.165, 1.54) is 47.2 Å². The number of pyridine rings is 2. The molecule has 1 aliphatic carbocycles. The molecule has 17 heavy (non-hydrogen) atoms. The second-order valence-electron chi connectivity index (χ2n) is 4.82. The lowest BCUT2D eigenvalue weighted by Crippen LogP contribution is -2.32. The van der Waals surface area contributed by atoms with Gasteiger partial charge in [-0.2, -0.15) is 0 Å². The molecule has 0 amide bonds. The van der Waals surface area contributed by atoms with E-state index in [1.807, 2.05) is 12.4 Å². The van der Waals surface area contributed by atoms with Crippen LogP contribution >= 0.6 is 0 Å². The van der Waals surface area contributed by atoms with Crippen LogP contribution in [0, 0.1) is 6.92 Å². The zero-order valence-electron chi connectivity index (χ0n) is 10.4. The largest absolute Gasteiger partial charge is 0.264 e. The molecule has 2 heterocycles. The minimum absolute atomic E-state index is 1.20. The minimum Gasteiger partial charge on any atom is -0.264 e. The monoisotopic (exact) mass is 225 g/mol. The van der Waals surface area contributed by atoms with Crippen molar-refractivity contribution in [3.8, 4) is 11.3 Å². The van der Waals surface area contributed by atoms with E-state index in [0.29, 0.717) is 0 Å². The number of nitrogens with zero attached hydrogens (tertiary/aromatic N) is 2. The first kappa shape index (κ1) is 10.5. The zero-order chi connectivity index (χ0) is 11.8. The van der Waals surface area contributed by atoms with E-state index in [-0.39, 0.29) is 0 Å². The van der Waals surface area contributed by atoms with E-state index in [9.17, 15) is 0 Å². The van der Waals surface area contributed by atoms with Crippen LogP contribution in [0.3, 0.4) is 0 Å². The Morgan fingerprint density at radius 3 is 2.94 bits per heavy atom. The summed E-state index contributed by atoms with van der Waals surface area (Å²) >= 11 is 0. The summed E-state index contributed by atoms with van der Waals surface area (Å²) < 4.78 is 2.23. The van der Waals surface area contributed by atoms with Crippen molar-refractivity contribution in [1.29, 1.82) is 0 Å². The molecule has 1 aliphatic rings. The fraction of sp³-hybridized carbons (Fsp3) is 0.333. The molecule has 0 aromatic carbocycles. The molecule has 0 N–H and O–H groups in total. The summed E-state index contributed by atoms with van der Waals surface area (Å²) in [5.74, 6) is 0. The highest BCUT2D eigenvalue weighted by Gasteiger charge is 2.24. The van der Waals surface area contributed by atoms with Crippen molar-refractivity contribution >= 4 is 0 Å². The van der Waals surface area contributed by atoms with Gasteiger partial charge in [0, 0.05) is 24.0 Å². The van der Waals surface area contributed by atoms with Crippen molar-refractivity contribution in [3.63, 3.8) is 0 Å². The predicted octanol–water partition coefficient (Wildman–Crippen LogP) is 2.37. The van der Waals surface area contributed by atoms with Crippen molar-refractivity contribution in [2.75, 3.05) is 0 Å². The molecule has 0 saturated heterocycles. The number of hydrogen-bond acceptors (Lipinski definition) is 1. The van der Waals surface area contributed by atoms with Gasteiger partial charge in [-0.15, -0.1) is 0 Å². The molecule has 0 unspecified atom stereocenters. The maximum absolute atomic E-state index is 4.28. The topological polar surface area (TPSA) is 16.8 Å². The lowest BCUT2D eigenvalue weighted by molar-refractivity contribution is -0.660. The Morgan fingerprint density at radius 2 is 2.12 bits per heavy atom. The number of fused-ring (bicyclic) bond motifs is 1. The molecule has 0 atom stereocenters. The van der Waals surface area contributed by atoms with Gasteiger partial charge >= 0.3 is 0 Å². The Kier molecular flexibility index (Phi) is 2.43. The quantitative estimate of drug-likeness (QED) is 0.681. The fourth-order valence-electron chi connectivity index (χ4n) is 2.78. The molecule has 2 aromatic rings. The molecule has 0 bridgehead atoms. The van der Waals surface area contributed by atoms with Gasteiger partial charge in [0.05, 0.1) is 5.56 Å². The van der Waals surface area contributed by atoms with Crippen LogP contribution in [0.15, 0.2) is 30.7 Å². The summed E-state index contributed by atoms with van der Waals surface area (Å²) in [7, 11) is 2.13. The Morgan fingerprint density at radius 1 is 1.24 bits per heavy atom. The molecular formula is C15H17N2+. The third kappa shape index (κ3) is 1.64. The van der Waals surface area contributed by atoms with Crippen LogP contribution in [0.1, 0.15) is 23.1 Å². The van der Waals surface area contributed by atoms with E-state index in [2.05, 4.69) is 41.9 Å². The first-order valence-corrected chi connectivity index (χ1v) is 6.19. The van der Waals surface area contributed by atoms with Gasteiger partial charge in [-0.1, -0.05) is 0 Å². The maximum atomic E-state index is 4.28. The summed E-state index contributed by atoms with van der Waals surface area (Å²) in [5, 5.41) is 0. The molecule has 2 nitrogen and oxygen atoms in total. The van der Waals surface area contributed by atoms with Gasteiger partial charge in [-0.05, 0) is 43.4 Å². The highest BCUT2D eigenvalue weighted by atomic mass is 14.9. The summed E-state index contributed by atoms with van der Waals surface area (Å²) in [6.45, 7) is 2.16. The lowest BCUT2D eigenvalue weighted by Gasteiger charge is -2.08. The average Bonchev–Trinajstić information content (AvgIpc) is 2.79. The maximum Gasteiger partial charge on any atom is 0.217 e. The minimum atomic E-state index is 1.20. The highest BCUT2D eigenvalue weighted by molar-refractivity contribution is 5.64. The summed E-state index contributed by atoms with van der Waals surface area (Å²) in [4.78, 5) is 4.28. The Labute approximate surface area is 102 Å². The molecule has 0 spiro atoms. The van der Waals surface area contributed by atoms with Crippen LogP contribution in [-0.4, -0.2) is 4.98 Å². The third-order valence-electron chi connectivity index (χ3n) is 3.69. The van der Waals surface area contributed by atoms with Gasteiger partial charge in [0.1, 0.15) is 7.05 Å². The van der Waals surface area contributed by atoms with Crippen LogP contribution in [0.2, 0.25) is 0 Å². The molecule has 0 aliphatic heterocycles. The second kappa shape index (κ2) is 3.95. The Bertz CT molecular complexity index is 573. The molecule has 0 fully saturated rings. The SMILES string of the molecule is Cc1ccncc1-c1c2c(cc[n+]1C)CCC2. The van der Waals surface area contributed by atoms with Gasteiger partial charge in [0.25, 0.3) is 0 Å². The molecule has 0 saturated carbocycles. The van der Waals surface area contributed by atoms with Gasteiger partial charge in [-0.3, -0.25) is 4.98 Å². The van der Waals surface area contributed by atoms with Crippen molar-refractivity contribution in [2.45, 2.75) is 26.2 Å². The van der Waals surface area contributed by atoms with E-state index < -0.39 is 0 Å². The van der Waals surface area contributed by atoms with Gasteiger partial charge < -0.3 is 0 Å². The van der Waals surface area contributed by atoms with Crippen LogP contribution in [-0.2, 0) is 19.9 Å². The van der Waals surface area contributed by atoms with Crippen molar-refractivity contribution < 1.29 is 4.57 Å². The van der Waals surface area contributed by atoms with Gasteiger partial charge in [-0.25, -0.2) is 4.57 Å². The molecule has 3 rings (SSSR count). The number of aromatic nitrogens is 2. The van der Waals surface area contributed by atoms with Crippen LogP contribution in [0.5, 0.6) is 0 Å². The van der Waals surface area contributed by atoms with E-state index in [0.717, 1.165) is 0 Å². The standard InChI is InChI=1S/C15H17N2/c1-11-6-8-16-10-14(11)15-13-5-3-4-12(13)7-9-17(15)2/h6-10H,3-5H2,1-2H3/q+1. The van der Waals surface area contributed by atoms with Crippen molar-refractivity contribution in [2.24, 2.45) is 7.05 Å². The fourth-order valence-corrected chi connectivity index (χ4v) is 2.78. The normalized spacial score (nSPS) is 13.8. The number of rotatable bonds is 1. The Balaban J connectivity index is 2.28. The van der Waals surface area contributed by atoms with Crippen molar-refractivity contribution in [3.05, 3.63) is 47.4 Å². The average molecular weight is 225 g/mol. The first-order valence-electron chi connectivity index (χ1n) is 6.19. The van der Waals surface area contributed by atoms with Crippen molar-refractivity contribution in [1.82, 2.24) is 4.98 Å². The van der Waals surface area contributed by atoms with E-state index in [1.54, 1.807) is 0 Å². The third-order valence-corrected chi connectivity index (χ3v) is 3.69. The van der Waals surface area contributed by atoms with Gasteiger partial charge in [0.15, 0.2) is 6.20 Å². The molecule has 0 radical (unpaired) electrons. The van der Waals surface area contributed by atoms with E-state index in [4.69, 9.17) is 0 Å². The molecule has 2 aromatic heterocycles. The molecular weight excluding hydrogens is 208 g/mol. The summed E-state index contributed by atoms with van der Waals surface area (Å²) in [6.07, 6.45) is 9.74. The number of hydrogen-bond donors (Lipinski definition) is 0. The lowest BCUT2D eigenvalue weighted by atomic mass is 10.0. The molecule has 86 valence electrons. The highest BCUT2D eigenvalue weighted by Crippen LogP contribution is 2.30. The smallest absolute Gasteiger partial charge is 0.217 e. The van der Waals surface area contributed by atoms with Crippen LogP contribution in [0.4, 0.5) is 0 Å². The zero-order valence-corrected chi connectivity index (χ0v) is 10.4. The number of aryl methyl sites for hydroxylation is 3. The Hall–Kier alpha value is -1.70. The first-order chi connectivity index (χ1) is 8.27. The second-order valence-corrected chi connectivity index (χ2v) is 4.82. The predicted molar refractivity (Wildman–Crippen MR) is 67.6 cm³/mol. The van der Waals surface area contributed by atoms with Crippen LogP contribution < -0.4 is 4.57 Å². The molecule has 2 heteroatoms. The summed E-state index contributed by atoms with van der Waals surface area (Å²) in [5.41, 5.74) is 6.96. The van der Waals surface area contributed by atoms with Crippen LogP contribution in [0.25, 0.3) is 11.3 Å². The van der Waals surface area contributed by atoms with E-state index >= 15 is 0 Å².